The van der Waals surface area contributed by atoms with Crippen LogP contribution in [0.15, 0.2) is 18.2 Å². The summed E-state index contributed by atoms with van der Waals surface area (Å²) in [6.45, 7) is 0.522. The van der Waals surface area contributed by atoms with Crippen molar-refractivity contribution in [3.8, 4) is 0 Å². The summed E-state index contributed by atoms with van der Waals surface area (Å²) >= 11 is 5.77. The van der Waals surface area contributed by atoms with E-state index in [1.807, 2.05) is 0 Å². The van der Waals surface area contributed by atoms with Crippen LogP contribution in [0.3, 0.4) is 0 Å². The normalized spacial score (nSPS) is 18.1. The Bertz CT molecular complexity index is 590. The van der Waals surface area contributed by atoms with E-state index in [1.165, 1.54) is 23.1 Å². The molecule has 1 unspecified atom stereocenters. The van der Waals surface area contributed by atoms with Crippen LogP contribution in [0.1, 0.15) is 16.8 Å². The Hall–Kier alpha value is -2.15. The predicted molar refractivity (Wildman–Crippen MR) is 71.3 cm³/mol. The number of hydrogen-bond donors (Lipinski definition) is 1. The number of primary amides is 1. The molecule has 0 saturated carbocycles. The number of carbonyl (C=O) groups excluding carboxylic acids is 2. The highest BCUT2D eigenvalue weighted by Gasteiger charge is 2.33. The van der Waals surface area contributed by atoms with Gasteiger partial charge in [0.05, 0.1) is 10.8 Å². The number of rotatable bonds is 3. The molecule has 2 rings (SSSR count). The van der Waals surface area contributed by atoms with Gasteiger partial charge in [-0.25, -0.2) is 0 Å². The standard InChI is InChI=1S/C12H12ClN3O4/c13-9-3-1-2-8(10(9)16(19)20)12(18)15-5-4-7(6-15)11(14)17/h1-3,7H,4-6H2,(H2,14,17). The number of para-hydroxylation sites is 1. The second-order valence-corrected chi connectivity index (χ2v) is 4.94. The van der Waals surface area contributed by atoms with E-state index >= 15 is 0 Å². The van der Waals surface area contributed by atoms with Gasteiger partial charge in [0.25, 0.3) is 5.91 Å². The van der Waals surface area contributed by atoms with Crippen LogP contribution in [-0.4, -0.2) is 34.7 Å². The molecule has 2 amide bonds. The topological polar surface area (TPSA) is 107 Å². The third kappa shape index (κ3) is 2.57. The van der Waals surface area contributed by atoms with Gasteiger partial charge in [0.1, 0.15) is 10.6 Å². The minimum Gasteiger partial charge on any atom is -0.369 e. The predicted octanol–water partition coefficient (Wildman–Crippen LogP) is 1.20. The van der Waals surface area contributed by atoms with Gasteiger partial charge in [-0.05, 0) is 18.6 Å². The van der Waals surface area contributed by atoms with Crippen LogP contribution < -0.4 is 5.73 Å². The van der Waals surface area contributed by atoms with Crippen LogP contribution in [0, 0.1) is 16.0 Å². The molecule has 7 nitrogen and oxygen atoms in total. The molecule has 1 aromatic carbocycles. The Morgan fingerprint density at radius 3 is 2.70 bits per heavy atom. The molecule has 2 N–H and O–H groups in total. The first-order valence-corrected chi connectivity index (χ1v) is 6.31. The van der Waals surface area contributed by atoms with Crippen molar-refractivity contribution < 1.29 is 14.5 Å². The second kappa shape index (κ2) is 5.46. The number of nitro benzene ring substituents is 1. The molecule has 1 saturated heterocycles. The number of likely N-dealkylation sites (tertiary alicyclic amines) is 1. The van der Waals surface area contributed by atoms with Crippen molar-refractivity contribution in [1.29, 1.82) is 0 Å². The van der Waals surface area contributed by atoms with E-state index in [1.54, 1.807) is 0 Å². The van der Waals surface area contributed by atoms with Crippen molar-refractivity contribution in [2.45, 2.75) is 6.42 Å². The number of benzene rings is 1. The van der Waals surface area contributed by atoms with Gasteiger partial charge in [0.2, 0.25) is 5.91 Å². The molecule has 1 aromatic rings. The van der Waals surface area contributed by atoms with E-state index in [2.05, 4.69) is 0 Å². The zero-order valence-corrected chi connectivity index (χ0v) is 11.2. The number of hydrogen-bond acceptors (Lipinski definition) is 4. The Morgan fingerprint density at radius 2 is 2.15 bits per heavy atom. The number of halogens is 1. The summed E-state index contributed by atoms with van der Waals surface area (Å²) < 4.78 is 0. The van der Waals surface area contributed by atoms with Crippen molar-refractivity contribution in [1.82, 2.24) is 4.90 Å². The van der Waals surface area contributed by atoms with Crippen LogP contribution in [0.4, 0.5) is 5.69 Å². The Balaban J connectivity index is 2.29. The van der Waals surface area contributed by atoms with Gasteiger partial charge in [-0.2, -0.15) is 0 Å². The highest BCUT2D eigenvalue weighted by atomic mass is 35.5. The minimum absolute atomic E-state index is 0.0763. The van der Waals surface area contributed by atoms with Crippen LogP contribution in [0.2, 0.25) is 5.02 Å². The van der Waals surface area contributed by atoms with Gasteiger partial charge in [0.15, 0.2) is 0 Å². The van der Waals surface area contributed by atoms with Gasteiger partial charge in [-0.3, -0.25) is 19.7 Å². The molecule has 1 fully saturated rings. The SMILES string of the molecule is NC(=O)C1CCN(C(=O)c2cccc(Cl)c2[N+](=O)[O-])C1. The average Bonchev–Trinajstić information content (AvgIpc) is 2.86. The highest BCUT2D eigenvalue weighted by molar-refractivity contribution is 6.33. The van der Waals surface area contributed by atoms with E-state index in [0.29, 0.717) is 13.0 Å². The summed E-state index contributed by atoms with van der Waals surface area (Å²) in [7, 11) is 0. The van der Waals surface area contributed by atoms with E-state index < -0.39 is 28.3 Å². The lowest BCUT2D eigenvalue weighted by Gasteiger charge is -2.16. The van der Waals surface area contributed by atoms with E-state index in [4.69, 9.17) is 17.3 Å². The van der Waals surface area contributed by atoms with Gasteiger partial charge in [-0.1, -0.05) is 17.7 Å². The molecule has 0 spiro atoms. The fourth-order valence-corrected chi connectivity index (χ4v) is 2.46. The lowest BCUT2D eigenvalue weighted by molar-refractivity contribution is -0.385. The lowest BCUT2D eigenvalue weighted by Crippen LogP contribution is -2.32. The van der Waals surface area contributed by atoms with Crippen molar-refractivity contribution >= 4 is 29.1 Å². The summed E-state index contributed by atoms with van der Waals surface area (Å²) in [5.74, 6) is -1.39. The maximum absolute atomic E-state index is 12.3. The molecule has 1 heterocycles. The minimum atomic E-state index is -0.683. The number of carbonyl (C=O) groups is 2. The van der Waals surface area contributed by atoms with Crippen molar-refractivity contribution in [3.63, 3.8) is 0 Å². The zero-order chi connectivity index (χ0) is 14.9. The quantitative estimate of drug-likeness (QED) is 0.668. The van der Waals surface area contributed by atoms with Crippen molar-refractivity contribution in [2.75, 3.05) is 13.1 Å². The van der Waals surface area contributed by atoms with E-state index in [0.717, 1.165) is 0 Å². The van der Waals surface area contributed by atoms with Crippen LogP contribution in [0.5, 0.6) is 0 Å². The summed E-state index contributed by atoms with van der Waals surface area (Å²) in [6.07, 6.45) is 0.468. The molecule has 1 atom stereocenters. The zero-order valence-electron chi connectivity index (χ0n) is 10.4. The molecule has 0 aliphatic carbocycles. The van der Waals surface area contributed by atoms with Gasteiger partial charge < -0.3 is 10.6 Å². The number of nitro groups is 1. The van der Waals surface area contributed by atoms with Gasteiger partial charge in [-0.15, -0.1) is 0 Å². The van der Waals surface area contributed by atoms with Crippen LogP contribution in [-0.2, 0) is 4.79 Å². The van der Waals surface area contributed by atoms with Gasteiger partial charge >= 0.3 is 5.69 Å². The first-order chi connectivity index (χ1) is 9.41. The summed E-state index contributed by atoms with van der Waals surface area (Å²) in [5, 5.41) is 10.9. The fourth-order valence-electron chi connectivity index (χ4n) is 2.22. The van der Waals surface area contributed by atoms with Gasteiger partial charge in [0, 0.05) is 13.1 Å². The third-order valence-electron chi connectivity index (χ3n) is 3.28. The summed E-state index contributed by atoms with van der Waals surface area (Å²) in [4.78, 5) is 35.1. The number of amides is 2. The van der Waals surface area contributed by atoms with Crippen molar-refractivity contribution in [2.24, 2.45) is 11.7 Å². The molecule has 0 bridgehead atoms. The number of nitrogens with two attached hydrogens (primary N) is 1. The first-order valence-electron chi connectivity index (χ1n) is 5.93. The fraction of sp³-hybridized carbons (Fsp3) is 0.333. The molecular formula is C12H12ClN3O4. The molecule has 1 aliphatic heterocycles. The number of nitrogens with zero attached hydrogens (tertiary/aromatic N) is 2. The lowest BCUT2D eigenvalue weighted by atomic mass is 10.1. The summed E-state index contributed by atoms with van der Waals surface area (Å²) in [5.41, 5.74) is 4.70. The second-order valence-electron chi connectivity index (χ2n) is 4.53. The molecule has 8 heteroatoms. The molecule has 0 radical (unpaired) electrons. The molecule has 1 aliphatic rings. The Morgan fingerprint density at radius 1 is 1.45 bits per heavy atom. The smallest absolute Gasteiger partial charge is 0.300 e. The molecule has 20 heavy (non-hydrogen) atoms. The molecule has 0 aromatic heterocycles. The average molecular weight is 298 g/mol. The third-order valence-corrected chi connectivity index (χ3v) is 3.58. The van der Waals surface area contributed by atoms with E-state index in [9.17, 15) is 19.7 Å². The monoisotopic (exact) mass is 297 g/mol. The maximum Gasteiger partial charge on any atom is 0.300 e. The maximum atomic E-state index is 12.3. The summed E-state index contributed by atoms with van der Waals surface area (Å²) in [6, 6.07) is 4.18. The van der Waals surface area contributed by atoms with Crippen LogP contribution >= 0.6 is 11.6 Å². The molecular weight excluding hydrogens is 286 g/mol. The van der Waals surface area contributed by atoms with Crippen LogP contribution in [0.25, 0.3) is 0 Å². The highest BCUT2D eigenvalue weighted by Crippen LogP contribution is 2.30. The Labute approximate surface area is 119 Å². The molecule has 106 valence electrons. The van der Waals surface area contributed by atoms with Crippen molar-refractivity contribution in [3.05, 3.63) is 38.9 Å². The Kier molecular flexibility index (Phi) is 3.89. The first kappa shape index (κ1) is 14.3. The van der Waals surface area contributed by atoms with E-state index in [-0.39, 0.29) is 17.1 Å². The largest absolute Gasteiger partial charge is 0.369 e.